The van der Waals surface area contributed by atoms with Crippen LogP contribution < -0.4 is 10.6 Å². The van der Waals surface area contributed by atoms with E-state index in [4.69, 9.17) is 0 Å². The molecule has 0 atom stereocenters. The summed E-state index contributed by atoms with van der Waals surface area (Å²) in [6.45, 7) is 3.55. The van der Waals surface area contributed by atoms with Crippen molar-refractivity contribution >= 4 is 33.3 Å². The maximum atomic E-state index is 12.5. The van der Waals surface area contributed by atoms with Crippen LogP contribution in [0, 0.1) is 12.8 Å². The number of carbonyl (C=O) groups is 1. The van der Waals surface area contributed by atoms with E-state index in [1.54, 1.807) is 6.33 Å². The highest BCUT2D eigenvalue weighted by Gasteiger charge is 2.24. The average Bonchev–Trinajstić information content (AvgIpc) is 3.43. The number of thiophene rings is 1. The summed E-state index contributed by atoms with van der Waals surface area (Å²) < 4.78 is 0. The van der Waals surface area contributed by atoms with Gasteiger partial charge in [0.05, 0.1) is 10.3 Å². The van der Waals surface area contributed by atoms with E-state index in [0.717, 1.165) is 46.0 Å². The largest absolute Gasteiger partial charge is 0.369 e. The number of hydrogen-bond acceptors (Lipinski definition) is 5. The van der Waals surface area contributed by atoms with Crippen molar-refractivity contribution in [3.63, 3.8) is 0 Å². The van der Waals surface area contributed by atoms with Crippen molar-refractivity contribution in [3.05, 3.63) is 52.7 Å². The zero-order chi connectivity index (χ0) is 17.9. The molecule has 5 nitrogen and oxygen atoms in total. The smallest absolute Gasteiger partial charge is 0.261 e. The third kappa shape index (κ3) is 3.70. The number of aryl methyl sites for hydroxylation is 1. The summed E-state index contributed by atoms with van der Waals surface area (Å²) in [5.41, 5.74) is 2.24. The molecule has 0 aliphatic heterocycles. The van der Waals surface area contributed by atoms with Crippen LogP contribution in [-0.2, 0) is 6.42 Å². The standard InChI is InChI=1S/C20H22N4OS/c1-13-16-18(21-10-9-14-5-3-2-4-6-14)23-12-24-20(16)26-17(13)19(25)22-11-15-7-8-15/h2-6,12,15H,7-11H2,1H3,(H,22,25)(H,21,23,24). The molecular formula is C20H22N4OS. The highest BCUT2D eigenvalue weighted by atomic mass is 32.1. The Bertz CT molecular complexity index is 918. The quantitative estimate of drug-likeness (QED) is 0.667. The van der Waals surface area contributed by atoms with Crippen molar-refractivity contribution < 1.29 is 4.79 Å². The van der Waals surface area contributed by atoms with Gasteiger partial charge in [0, 0.05) is 13.1 Å². The lowest BCUT2D eigenvalue weighted by atomic mass is 10.1. The first-order chi connectivity index (χ1) is 12.7. The van der Waals surface area contributed by atoms with E-state index >= 15 is 0 Å². The second-order valence-corrected chi connectivity index (χ2v) is 7.77. The predicted octanol–water partition coefficient (Wildman–Crippen LogP) is 3.79. The normalized spacial score (nSPS) is 13.7. The summed E-state index contributed by atoms with van der Waals surface area (Å²) in [6, 6.07) is 10.4. The fourth-order valence-corrected chi connectivity index (χ4v) is 4.10. The first kappa shape index (κ1) is 17.0. The highest BCUT2D eigenvalue weighted by Crippen LogP contribution is 2.33. The van der Waals surface area contributed by atoms with Crippen molar-refractivity contribution in [3.8, 4) is 0 Å². The molecule has 0 unspecified atom stereocenters. The average molecular weight is 366 g/mol. The molecule has 1 aromatic carbocycles. The Labute approximate surface area is 156 Å². The summed E-state index contributed by atoms with van der Waals surface area (Å²) in [4.78, 5) is 22.9. The number of fused-ring (bicyclic) bond motifs is 1. The Morgan fingerprint density at radius 3 is 2.81 bits per heavy atom. The van der Waals surface area contributed by atoms with Gasteiger partial charge in [0.25, 0.3) is 5.91 Å². The van der Waals surface area contributed by atoms with Crippen LogP contribution in [-0.4, -0.2) is 29.0 Å². The Morgan fingerprint density at radius 2 is 2.04 bits per heavy atom. The summed E-state index contributed by atoms with van der Waals surface area (Å²) in [6.07, 6.45) is 4.94. The predicted molar refractivity (Wildman–Crippen MR) is 106 cm³/mol. The number of carbonyl (C=O) groups excluding carboxylic acids is 1. The van der Waals surface area contributed by atoms with Crippen LogP contribution in [0.25, 0.3) is 10.2 Å². The second kappa shape index (κ2) is 7.41. The van der Waals surface area contributed by atoms with Gasteiger partial charge in [-0.1, -0.05) is 30.3 Å². The molecule has 1 aliphatic rings. The van der Waals surface area contributed by atoms with Gasteiger partial charge in [0.1, 0.15) is 17.0 Å². The zero-order valence-corrected chi connectivity index (χ0v) is 15.6. The molecule has 2 heterocycles. The van der Waals surface area contributed by atoms with E-state index in [1.807, 2.05) is 25.1 Å². The number of nitrogens with zero attached hydrogens (tertiary/aromatic N) is 2. The number of amides is 1. The van der Waals surface area contributed by atoms with Gasteiger partial charge in [0.2, 0.25) is 0 Å². The highest BCUT2D eigenvalue weighted by molar-refractivity contribution is 7.20. The molecule has 0 bridgehead atoms. The number of aromatic nitrogens is 2. The molecule has 0 radical (unpaired) electrons. The fraction of sp³-hybridized carbons (Fsp3) is 0.350. The molecule has 134 valence electrons. The SMILES string of the molecule is Cc1c(C(=O)NCC2CC2)sc2ncnc(NCCc3ccccc3)c12. The lowest BCUT2D eigenvalue weighted by Crippen LogP contribution is -2.25. The van der Waals surface area contributed by atoms with Crippen LogP contribution in [0.2, 0.25) is 0 Å². The van der Waals surface area contributed by atoms with Crippen LogP contribution in [0.15, 0.2) is 36.7 Å². The van der Waals surface area contributed by atoms with E-state index in [0.29, 0.717) is 5.92 Å². The lowest BCUT2D eigenvalue weighted by molar-refractivity contribution is 0.0955. The third-order valence-electron chi connectivity index (χ3n) is 4.73. The summed E-state index contributed by atoms with van der Waals surface area (Å²) in [5.74, 6) is 1.48. The molecular weight excluding hydrogens is 344 g/mol. The number of hydrogen-bond donors (Lipinski definition) is 2. The molecule has 2 N–H and O–H groups in total. The van der Waals surface area contributed by atoms with Crippen LogP contribution in [0.4, 0.5) is 5.82 Å². The minimum Gasteiger partial charge on any atom is -0.369 e. The molecule has 0 spiro atoms. The lowest BCUT2D eigenvalue weighted by Gasteiger charge is -2.07. The summed E-state index contributed by atoms with van der Waals surface area (Å²) >= 11 is 1.44. The number of nitrogens with one attached hydrogen (secondary N) is 2. The Balaban J connectivity index is 1.50. The van der Waals surface area contributed by atoms with Gasteiger partial charge in [-0.3, -0.25) is 4.79 Å². The van der Waals surface area contributed by atoms with Gasteiger partial charge < -0.3 is 10.6 Å². The van der Waals surface area contributed by atoms with Crippen LogP contribution in [0.3, 0.4) is 0 Å². The van der Waals surface area contributed by atoms with E-state index in [-0.39, 0.29) is 5.91 Å². The monoisotopic (exact) mass is 366 g/mol. The van der Waals surface area contributed by atoms with E-state index < -0.39 is 0 Å². The van der Waals surface area contributed by atoms with Gasteiger partial charge >= 0.3 is 0 Å². The molecule has 1 fully saturated rings. The molecule has 1 aliphatic carbocycles. The maximum absolute atomic E-state index is 12.5. The summed E-state index contributed by atoms with van der Waals surface area (Å²) in [5, 5.41) is 7.42. The topological polar surface area (TPSA) is 66.9 Å². The zero-order valence-electron chi connectivity index (χ0n) is 14.8. The van der Waals surface area contributed by atoms with Crippen molar-refractivity contribution in [1.82, 2.24) is 15.3 Å². The van der Waals surface area contributed by atoms with Crippen molar-refractivity contribution in [2.45, 2.75) is 26.2 Å². The van der Waals surface area contributed by atoms with Gasteiger partial charge in [-0.05, 0) is 43.2 Å². The number of benzene rings is 1. The summed E-state index contributed by atoms with van der Waals surface area (Å²) in [7, 11) is 0. The molecule has 6 heteroatoms. The van der Waals surface area contributed by atoms with Crippen molar-refractivity contribution in [2.75, 3.05) is 18.4 Å². The Hall–Kier alpha value is -2.47. The number of rotatable bonds is 7. The molecule has 1 amide bonds. The van der Waals surface area contributed by atoms with E-state index in [2.05, 4.69) is 32.7 Å². The minimum absolute atomic E-state index is 0.00707. The number of anilines is 1. The Morgan fingerprint density at radius 1 is 1.23 bits per heavy atom. The first-order valence-corrected chi connectivity index (χ1v) is 9.84. The molecule has 26 heavy (non-hydrogen) atoms. The molecule has 1 saturated carbocycles. The second-order valence-electron chi connectivity index (χ2n) is 6.77. The van der Waals surface area contributed by atoms with Gasteiger partial charge in [-0.15, -0.1) is 11.3 Å². The van der Waals surface area contributed by atoms with Crippen LogP contribution >= 0.6 is 11.3 Å². The molecule has 0 saturated heterocycles. The van der Waals surface area contributed by atoms with Gasteiger partial charge in [-0.25, -0.2) is 9.97 Å². The van der Waals surface area contributed by atoms with E-state index in [9.17, 15) is 4.79 Å². The third-order valence-corrected chi connectivity index (χ3v) is 5.93. The van der Waals surface area contributed by atoms with E-state index in [1.165, 1.54) is 29.7 Å². The molecule has 4 rings (SSSR count). The van der Waals surface area contributed by atoms with Crippen molar-refractivity contribution in [1.29, 1.82) is 0 Å². The maximum Gasteiger partial charge on any atom is 0.261 e. The molecule has 2 aromatic heterocycles. The first-order valence-electron chi connectivity index (χ1n) is 9.02. The Kier molecular flexibility index (Phi) is 4.84. The minimum atomic E-state index is 0.00707. The van der Waals surface area contributed by atoms with Crippen molar-refractivity contribution in [2.24, 2.45) is 5.92 Å². The van der Waals surface area contributed by atoms with Crippen LogP contribution in [0.1, 0.15) is 33.6 Å². The fourth-order valence-electron chi connectivity index (χ4n) is 3.03. The van der Waals surface area contributed by atoms with Gasteiger partial charge in [-0.2, -0.15) is 0 Å². The molecule has 3 aromatic rings. The van der Waals surface area contributed by atoms with Crippen LogP contribution in [0.5, 0.6) is 0 Å². The van der Waals surface area contributed by atoms with Gasteiger partial charge in [0.15, 0.2) is 0 Å².